The number of carbonyl (C=O) groups excluding carboxylic acids is 1. The summed E-state index contributed by atoms with van der Waals surface area (Å²) < 4.78 is 5.43. The van der Waals surface area contributed by atoms with Gasteiger partial charge in [-0.1, -0.05) is 30.3 Å². The molecule has 3 heteroatoms. The summed E-state index contributed by atoms with van der Waals surface area (Å²) in [5.74, 6) is -0.00550. The number of carbonyl (C=O) groups is 1. The summed E-state index contributed by atoms with van der Waals surface area (Å²) in [5.41, 5.74) is 1.05. The topological polar surface area (TPSA) is 29.5 Å². The van der Waals surface area contributed by atoms with Crippen molar-refractivity contribution >= 4 is 5.97 Å². The monoisotopic (exact) mass is 261 g/mol. The minimum Gasteiger partial charge on any atom is -0.461 e. The molecule has 2 rings (SSSR count). The van der Waals surface area contributed by atoms with E-state index in [0.29, 0.717) is 12.6 Å². The fourth-order valence-corrected chi connectivity index (χ4v) is 2.51. The lowest BCUT2D eigenvalue weighted by molar-refractivity contribution is -0.152. The molecule has 0 aliphatic carbocycles. The molecule has 0 radical (unpaired) electrons. The molecule has 0 N–H and O–H groups in total. The molecule has 1 heterocycles. The molecule has 0 aromatic heterocycles. The molecule has 1 aliphatic heterocycles. The Hall–Kier alpha value is -1.35. The molecule has 1 atom stereocenters. The van der Waals surface area contributed by atoms with Gasteiger partial charge in [-0.05, 0) is 38.8 Å². The predicted molar refractivity (Wildman–Crippen MR) is 75.7 cm³/mol. The lowest BCUT2D eigenvalue weighted by Crippen LogP contribution is -2.42. The summed E-state index contributed by atoms with van der Waals surface area (Å²) in [5, 5.41) is 0. The minimum atomic E-state index is -0.0470. The van der Waals surface area contributed by atoms with Gasteiger partial charge in [0.05, 0.1) is 5.92 Å². The van der Waals surface area contributed by atoms with Gasteiger partial charge in [0, 0.05) is 12.6 Å². The smallest absolute Gasteiger partial charge is 0.310 e. The first kappa shape index (κ1) is 14.1. The molecule has 1 aromatic rings. The molecule has 0 amide bonds. The number of nitrogens with zero attached hydrogens (tertiary/aromatic N) is 1. The maximum Gasteiger partial charge on any atom is 0.310 e. The summed E-state index contributed by atoms with van der Waals surface area (Å²) in [6.07, 6.45) is 2.04. The third kappa shape index (κ3) is 4.06. The van der Waals surface area contributed by atoms with E-state index in [1.807, 2.05) is 30.3 Å². The molecule has 1 aliphatic rings. The molecular formula is C16H23NO2. The third-order valence-corrected chi connectivity index (χ3v) is 3.74. The van der Waals surface area contributed by atoms with Gasteiger partial charge in [-0.25, -0.2) is 0 Å². The van der Waals surface area contributed by atoms with Crippen LogP contribution in [0, 0.1) is 5.92 Å². The van der Waals surface area contributed by atoms with Gasteiger partial charge in [-0.2, -0.15) is 0 Å². The maximum absolute atomic E-state index is 12.1. The normalized spacial score (nSPS) is 20.5. The predicted octanol–water partition coefficient (Wildman–Crippen LogP) is 2.85. The summed E-state index contributed by atoms with van der Waals surface area (Å²) in [4.78, 5) is 14.4. The van der Waals surface area contributed by atoms with Crippen molar-refractivity contribution < 1.29 is 9.53 Å². The van der Waals surface area contributed by atoms with Crippen LogP contribution in [0.1, 0.15) is 32.3 Å². The highest BCUT2D eigenvalue weighted by molar-refractivity contribution is 5.72. The molecule has 1 aromatic carbocycles. The number of ether oxygens (including phenoxy) is 1. The van der Waals surface area contributed by atoms with Crippen LogP contribution in [0.25, 0.3) is 0 Å². The zero-order valence-corrected chi connectivity index (χ0v) is 11.8. The number of piperidine rings is 1. The Morgan fingerprint density at radius 3 is 2.79 bits per heavy atom. The van der Waals surface area contributed by atoms with Crippen molar-refractivity contribution in [3.63, 3.8) is 0 Å². The van der Waals surface area contributed by atoms with Gasteiger partial charge in [0.15, 0.2) is 0 Å². The van der Waals surface area contributed by atoms with Crippen LogP contribution >= 0.6 is 0 Å². The summed E-state index contributed by atoms with van der Waals surface area (Å²) >= 11 is 0. The van der Waals surface area contributed by atoms with E-state index in [0.717, 1.165) is 31.5 Å². The van der Waals surface area contributed by atoms with Gasteiger partial charge in [0.1, 0.15) is 6.61 Å². The maximum atomic E-state index is 12.1. The van der Waals surface area contributed by atoms with Crippen LogP contribution in [0.15, 0.2) is 30.3 Å². The number of esters is 1. The second-order valence-electron chi connectivity index (χ2n) is 5.52. The molecule has 19 heavy (non-hydrogen) atoms. The Balaban J connectivity index is 1.83. The summed E-state index contributed by atoms with van der Waals surface area (Å²) in [6.45, 7) is 6.68. The van der Waals surface area contributed by atoms with Gasteiger partial charge in [0.2, 0.25) is 0 Å². The van der Waals surface area contributed by atoms with Crippen molar-refractivity contribution in [2.75, 3.05) is 13.1 Å². The van der Waals surface area contributed by atoms with Crippen molar-refractivity contribution in [3.8, 4) is 0 Å². The zero-order chi connectivity index (χ0) is 13.7. The zero-order valence-electron chi connectivity index (χ0n) is 11.8. The second kappa shape index (κ2) is 6.71. The van der Waals surface area contributed by atoms with Crippen molar-refractivity contribution in [2.45, 2.75) is 39.3 Å². The van der Waals surface area contributed by atoms with E-state index < -0.39 is 0 Å². The third-order valence-electron chi connectivity index (χ3n) is 3.74. The van der Waals surface area contributed by atoms with Crippen LogP contribution in [-0.2, 0) is 16.1 Å². The van der Waals surface area contributed by atoms with E-state index in [1.165, 1.54) is 0 Å². The van der Waals surface area contributed by atoms with E-state index in [2.05, 4.69) is 18.7 Å². The Morgan fingerprint density at radius 1 is 1.37 bits per heavy atom. The first-order valence-electron chi connectivity index (χ1n) is 7.11. The molecule has 104 valence electrons. The van der Waals surface area contributed by atoms with Gasteiger partial charge >= 0.3 is 5.97 Å². The van der Waals surface area contributed by atoms with Crippen LogP contribution in [0.4, 0.5) is 0 Å². The number of hydrogen-bond acceptors (Lipinski definition) is 3. The molecule has 1 fully saturated rings. The fraction of sp³-hybridized carbons (Fsp3) is 0.562. The van der Waals surface area contributed by atoms with Gasteiger partial charge in [-0.3, -0.25) is 4.79 Å². The van der Waals surface area contributed by atoms with Gasteiger partial charge in [0.25, 0.3) is 0 Å². The summed E-state index contributed by atoms with van der Waals surface area (Å²) in [7, 11) is 0. The number of hydrogen-bond donors (Lipinski definition) is 0. The van der Waals surface area contributed by atoms with Gasteiger partial charge < -0.3 is 9.64 Å². The largest absolute Gasteiger partial charge is 0.461 e. The molecule has 0 bridgehead atoms. The average Bonchev–Trinajstić information content (AvgIpc) is 2.46. The average molecular weight is 261 g/mol. The van der Waals surface area contributed by atoms with E-state index in [9.17, 15) is 4.79 Å². The molecule has 1 unspecified atom stereocenters. The Labute approximate surface area is 115 Å². The van der Waals surface area contributed by atoms with Crippen LogP contribution in [0.3, 0.4) is 0 Å². The molecule has 1 saturated heterocycles. The van der Waals surface area contributed by atoms with E-state index >= 15 is 0 Å². The standard InChI is InChI=1S/C16H23NO2/c1-13(2)17-10-6-9-15(11-17)16(18)19-12-14-7-4-3-5-8-14/h3-5,7-8,13,15H,6,9-12H2,1-2H3. The number of benzene rings is 1. The highest BCUT2D eigenvalue weighted by atomic mass is 16.5. The van der Waals surface area contributed by atoms with Gasteiger partial charge in [-0.15, -0.1) is 0 Å². The SMILES string of the molecule is CC(C)N1CCCC(C(=O)OCc2ccccc2)C1. The lowest BCUT2D eigenvalue weighted by Gasteiger charge is -2.34. The molecule has 0 spiro atoms. The number of likely N-dealkylation sites (tertiary alicyclic amines) is 1. The van der Waals surface area contributed by atoms with E-state index in [1.54, 1.807) is 0 Å². The van der Waals surface area contributed by atoms with Crippen molar-refractivity contribution in [1.29, 1.82) is 0 Å². The highest BCUT2D eigenvalue weighted by Crippen LogP contribution is 2.20. The first-order valence-corrected chi connectivity index (χ1v) is 7.11. The molecule has 0 saturated carbocycles. The first-order chi connectivity index (χ1) is 9.16. The quantitative estimate of drug-likeness (QED) is 0.781. The van der Waals surface area contributed by atoms with Crippen molar-refractivity contribution in [1.82, 2.24) is 4.90 Å². The lowest BCUT2D eigenvalue weighted by atomic mass is 9.97. The van der Waals surface area contributed by atoms with Crippen LogP contribution in [0.2, 0.25) is 0 Å². The van der Waals surface area contributed by atoms with Crippen LogP contribution in [-0.4, -0.2) is 30.0 Å². The fourth-order valence-electron chi connectivity index (χ4n) is 2.51. The number of rotatable bonds is 4. The van der Waals surface area contributed by atoms with E-state index in [-0.39, 0.29) is 11.9 Å². The van der Waals surface area contributed by atoms with Crippen LogP contribution in [0.5, 0.6) is 0 Å². The minimum absolute atomic E-state index is 0.0415. The Morgan fingerprint density at radius 2 is 2.11 bits per heavy atom. The molecular weight excluding hydrogens is 238 g/mol. The van der Waals surface area contributed by atoms with Crippen molar-refractivity contribution in [3.05, 3.63) is 35.9 Å². The van der Waals surface area contributed by atoms with Crippen LogP contribution < -0.4 is 0 Å². The Kier molecular flexibility index (Phi) is 4.97. The highest BCUT2D eigenvalue weighted by Gasteiger charge is 2.27. The second-order valence-corrected chi connectivity index (χ2v) is 5.52. The Bertz CT molecular complexity index is 402. The molecule has 3 nitrogen and oxygen atoms in total. The van der Waals surface area contributed by atoms with E-state index in [4.69, 9.17) is 4.74 Å². The van der Waals surface area contributed by atoms with Crippen molar-refractivity contribution in [2.24, 2.45) is 5.92 Å². The summed E-state index contributed by atoms with van der Waals surface area (Å²) in [6, 6.07) is 10.4.